The molecule has 2 amide bonds. The highest BCUT2D eigenvalue weighted by Gasteiger charge is 2.52. The minimum absolute atomic E-state index is 0.0233. The Balaban J connectivity index is 1.69. The molecule has 7 nitrogen and oxygen atoms in total. The largest absolute Gasteiger partial charge is 0.444 e. The number of rotatable bonds is 10. The van der Waals surface area contributed by atoms with Crippen LogP contribution in [0.1, 0.15) is 106 Å². The van der Waals surface area contributed by atoms with Crippen molar-refractivity contribution in [3.8, 4) is 0 Å². The van der Waals surface area contributed by atoms with Gasteiger partial charge < -0.3 is 14.8 Å². The van der Waals surface area contributed by atoms with Gasteiger partial charge in [-0.1, -0.05) is 58.1 Å². The molecule has 3 atom stereocenters. The van der Waals surface area contributed by atoms with E-state index in [4.69, 9.17) is 9.47 Å². The summed E-state index contributed by atoms with van der Waals surface area (Å²) in [6.45, 7) is 14.6. The smallest absolute Gasteiger partial charge is 0.412 e. The number of aromatic nitrogens is 1. The van der Waals surface area contributed by atoms with E-state index in [1.165, 1.54) is 32.1 Å². The molecule has 1 saturated heterocycles. The average Bonchev–Trinajstić information content (AvgIpc) is 3.11. The number of carbonyl (C=O) groups excluding carboxylic acids is 2. The third kappa shape index (κ3) is 9.63. The van der Waals surface area contributed by atoms with Crippen molar-refractivity contribution in [1.29, 1.82) is 0 Å². The van der Waals surface area contributed by atoms with Crippen molar-refractivity contribution in [3.05, 3.63) is 42.2 Å². The molecule has 1 aliphatic heterocycles. The summed E-state index contributed by atoms with van der Waals surface area (Å²) in [5, 5.41) is 2.90. The third-order valence-electron chi connectivity index (χ3n) is 8.03. The Morgan fingerprint density at radius 1 is 1.21 bits per heavy atom. The fourth-order valence-corrected chi connectivity index (χ4v) is 5.99. The van der Waals surface area contributed by atoms with E-state index >= 15 is 0 Å². The van der Waals surface area contributed by atoms with Crippen LogP contribution in [0, 0.1) is 17.8 Å². The molecule has 1 saturated carbocycles. The minimum Gasteiger partial charge on any atom is -0.444 e. The molecule has 0 radical (unpaired) electrons. The molecule has 218 valence electrons. The Bertz CT molecular complexity index is 948. The van der Waals surface area contributed by atoms with Gasteiger partial charge in [0, 0.05) is 6.20 Å². The lowest BCUT2D eigenvalue weighted by molar-refractivity contribution is -0.116. The van der Waals surface area contributed by atoms with Crippen LogP contribution in [0.3, 0.4) is 0 Å². The van der Waals surface area contributed by atoms with Crippen molar-refractivity contribution in [3.63, 3.8) is 0 Å². The van der Waals surface area contributed by atoms with Crippen LogP contribution in [0.15, 0.2) is 36.5 Å². The summed E-state index contributed by atoms with van der Waals surface area (Å²) >= 11 is 0. The summed E-state index contributed by atoms with van der Waals surface area (Å²) in [5.74, 6) is 1.21. The van der Waals surface area contributed by atoms with Crippen LogP contribution in [0.2, 0.25) is 0 Å². The summed E-state index contributed by atoms with van der Waals surface area (Å²) in [6.07, 6.45) is 13.8. The normalized spacial score (nSPS) is 22.8. The average molecular weight is 542 g/mol. The van der Waals surface area contributed by atoms with Gasteiger partial charge in [-0.05, 0) is 89.8 Å². The van der Waals surface area contributed by atoms with Gasteiger partial charge in [0.25, 0.3) is 0 Å². The number of nitrogens with one attached hydrogen (secondary N) is 1. The Kier molecular flexibility index (Phi) is 11.0. The number of nitrogens with zero attached hydrogens (tertiary/aromatic N) is 2. The van der Waals surface area contributed by atoms with E-state index < -0.39 is 11.3 Å². The van der Waals surface area contributed by atoms with Crippen LogP contribution < -0.4 is 5.32 Å². The van der Waals surface area contributed by atoms with Gasteiger partial charge in [-0.25, -0.2) is 4.79 Å². The maximum absolute atomic E-state index is 13.5. The summed E-state index contributed by atoms with van der Waals surface area (Å²) in [4.78, 5) is 32.0. The lowest BCUT2D eigenvalue weighted by atomic mass is 9.80. The molecule has 7 heteroatoms. The van der Waals surface area contributed by atoms with E-state index in [0.717, 1.165) is 25.0 Å². The predicted octanol–water partition coefficient (Wildman–Crippen LogP) is 7.02. The molecule has 3 rings (SSSR count). The number of hydrogen-bond acceptors (Lipinski definition) is 5. The molecule has 2 fully saturated rings. The number of hydrogen-bond donors (Lipinski definition) is 1. The molecule has 1 aliphatic carbocycles. The van der Waals surface area contributed by atoms with E-state index in [1.807, 2.05) is 63.8 Å². The van der Waals surface area contributed by atoms with E-state index in [-0.39, 0.29) is 24.1 Å². The van der Waals surface area contributed by atoms with Crippen LogP contribution in [0.25, 0.3) is 0 Å². The zero-order valence-corrected chi connectivity index (χ0v) is 25.2. The zero-order chi connectivity index (χ0) is 28.6. The summed E-state index contributed by atoms with van der Waals surface area (Å²) < 4.78 is 12.5. The fraction of sp³-hybridized carbons (Fsp3) is 0.719. The van der Waals surface area contributed by atoms with Crippen molar-refractivity contribution < 1.29 is 19.1 Å². The van der Waals surface area contributed by atoms with E-state index in [2.05, 4.69) is 24.1 Å². The van der Waals surface area contributed by atoms with Gasteiger partial charge in [0.2, 0.25) is 5.91 Å². The molecule has 0 bridgehead atoms. The predicted molar refractivity (Wildman–Crippen MR) is 155 cm³/mol. The molecule has 1 aromatic rings. The molecule has 39 heavy (non-hydrogen) atoms. The highest BCUT2D eigenvalue weighted by Crippen LogP contribution is 2.42. The maximum atomic E-state index is 13.5. The van der Waals surface area contributed by atoms with Crippen LogP contribution in [0.4, 0.5) is 4.79 Å². The molecule has 1 aromatic heterocycles. The minimum atomic E-state index is -0.741. The van der Waals surface area contributed by atoms with Crippen LogP contribution in [-0.4, -0.2) is 45.4 Å². The monoisotopic (exact) mass is 541 g/mol. The lowest BCUT2D eigenvalue weighted by Gasteiger charge is -2.37. The van der Waals surface area contributed by atoms with Crippen molar-refractivity contribution >= 4 is 12.0 Å². The quantitative estimate of drug-likeness (QED) is 0.322. The Morgan fingerprint density at radius 3 is 2.54 bits per heavy atom. The van der Waals surface area contributed by atoms with E-state index in [9.17, 15) is 9.59 Å². The first kappa shape index (κ1) is 31.1. The second kappa shape index (κ2) is 13.8. The molecule has 2 heterocycles. The molecular formula is C32H51N3O4. The molecule has 0 unspecified atom stereocenters. The summed E-state index contributed by atoms with van der Waals surface area (Å²) in [7, 11) is 0. The third-order valence-corrected chi connectivity index (χ3v) is 8.03. The SMILES string of the molecule is CC(C)[C@@H](CC=CC(=O)NCc1ccccn1)C[C@@H]1OC(C)(C)N(C(=O)OC(C)(C)C)[C@H]1CC1CCCCC1. The van der Waals surface area contributed by atoms with Gasteiger partial charge in [0.05, 0.1) is 24.4 Å². The highest BCUT2D eigenvalue weighted by atomic mass is 16.6. The number of pyridine rings is 1. The first-order chi connectivity index (χ1) is 18.4. The number of amides is 2. The standard InChI is InChI=1S/C32H51N3O4/c1-23(2)25(16-13-18-29(36)34-22-26-17-11-12-19-33-26)21-28-27(20-24-14-9-8-10-15-24)35(32(6,7)38-28)30(37)39-31(3,4)5/h11-13,17-19,23-25,27-28H,8-10,14-16,20-22H2,1-7H3,(H,34,36)/t25-,27-,28-/m0/s1. The molecular weight excluding hydrogens is 490 g/mol. The lowest BCUT2D eigenvalue weighted by Crippen LogP contribution is -2.51. The molecule has 2 aliphatic rings. The van der Waals surface area contributed by atoms with Crippen molar-refractivity contribution in [2.24, 2.45) is 17.8 Å². The van der Waals surface area contributed by atoms with E-state index in [1.54, 1.807) is 12.3 Å². The topological polar surface area (TPSA) is 80.8 Å². The van der Waals surface area contributed by atoms with Gasteiger partial charge >= 0.3 is 6.09 Å². The van der Waals surface area contributed by atoms with E-state index in [0.29, 0.717) is 24.3 Å². The van der Waals surface area contributed by atoms with Gasteiger partial charge in [0.1, 0.15) is 11.3 Å². The number of carbonyl (C=O) groups is 2. The van der Waals surface area contributed by atoms with Crippen molar-refractivity contribution in [2.75, 3.05) is 0 Å². The molecule has 0 spiro atoms. The maximum Gasteiger partial charge on any atom is 0.412 e. The molecule has 0 aromatic carbocycles. The van der Waals surface area contributed by atoms with Crippen molar-refractivity contribution in [2.45, 2.75) is 130 Å². The second-order valence-electron chi connectivity index (χ2n) is 13.2. The first-order valence-corrected chi connectivity index (χ1v) is 14.9. The zero-order valence-electron chi connectivity index (χ0n) is 25.2. The van der Waals surface area contributed by atoms with Crippen LogP contribution in [-0.2, 0) is 20.8 Å². The van der Waals surface area contributed by atoms with Gasteiger partial charge in [0.15, 0.2) is 0 Å². The summed E-state index contributed by atoms with van der Waals surface area (Å²) in [6, 6.07) is 5.64. The van der Waals surface area contributed by atoms with Gasteiger partial charge in [-0.3, -0.25) is 14.7 Å². The second-order valence-corrected chi connectivity index (χ2v) is 13.2. The molecule has 1 N–H and O–H groups in total. The van der Waals surface area contributed by atoms with Gasteiger partial charge in [-0.2, -0.15) is 0 Å². The number of allylic oxidation sites excluding steroid dienone is 1. The Labute approximate surface area is 236 Å². The number of ether oxygens (including phenoxy) is 2. The highest BCUT2D eigenvalue weighted by molar-refractivity contribution is 5.87. The summed E-state index contributed by atoms with van der Waals surface area (Å²) in [5.41, 5.74) is -0.475. The van der Waals surface area contributed by atoms with Gasteiger partial charge in [-0.15, -0.1) is 0 Å². The van der Waals surface area contributed by atoms with Crippen LogP contribution >= 0.6 is 0 Å². The Morgan fingerprint density at radius 2 is 1.92 bits per heavy atom. The van der Waals surface area contributed by atoms with Crippen molar-refractivity contribution in [1.82, 2.24) is 15.2 Å². The van der Waals surface area contributed by atoms with Crippen LogP contribution in [0.5, 0.6) is 0 Å². The Hall–Kier alpha value is -2.41. The fourth-order valence-electron chi connectivity index (χ4n) is 5.99. The first-order valence-electron chi connectivity index (χ1n) is 14.9.